The van der Waals surface area contributed by atoms with Gasteiger partial charge in [-0.05, 0) is 49.9 Å². The van der Waals surface area contributed by atoms with E-state index >= 15 is 0 Å². The third kappa shape index (κ3) is 20.1. The summed E-state index contributed by atoms with van der Waals surface area (Å²) in [5, 5.41) is 0. The Morgan fingerprint density at radius 3 is 0.845 bits per heavy atom. The first-order valence-electron chi connectivity index (χ1n) is 22.8. The largest absolute Gasteiger partial charge is 0.462 e. The lowest BCUT2D eigenvalue weighted by atomic mass is 9.95. The molecule has 324 valence electrons. The topological polar surface area (TPSA) is 122 Å². The van der Waals surface area contributed by atoms with Gasteiger partial charge in [0.05, 0.1) is 48.7 Å². The molecule has 0 atom stereocenters. The van der Waals surface area contributed by atoms with Crippen LogP contribution in [0.1, 0.15) is 239 Å². The van der Waals surface area contributed by atoms with Crippen LogP contribution in [0.5, 0.6) is 0 Å². The Labute approximate surface area is 349 Å². The van der Waals surface area contributed by atoms with Gasteiger partial charge in [-0.15, -0.1) is 0 Å². The van der Waals surface area contributed by atoms with Gasteiger partial charge in [0.25, 0.3) is 0 Å². The van der Waals surface area contributed by atoms with Crippen molar-refractivity contribution in [1.29, 1.82) is 0 Å². The van der Waals surface area contributed by atoms with E-state index in [1.807, 2.05) is 0 Å². The van der Waals surface area contributed by atoms with Gasteiger partial charge in [-0.3, -0.25) is 4.79 Å². The predicted octanol–water partition coefficient (Wildman–Crippen LogP) is 13.0. The van der Waals surface area contributed by atoms with Crippen LogP contribution in [-0.2, 0) is 18.9 Å². The SMILES string of the molecule is CCCCCCCCOC(=O)c1ccc(C(=O)c2ccc(C(=O)OCCCCCCCC)c(C(=O)OCCCCCCCC)c2)cc1C(=O)OCCCCCCCC. The third-order valence-electron chi connectivity index (χ3n) is 10.4. The fourth-order valence-corrected chi connectivity index (χ4v) is 6.73. The Bertz CT molecular complexity index is 1390. The van der Waals surface area contributed by atoms with Crippen LogP contribution in [0.4, 0.5) is 0 Å². The van der Waals surface area contributed by atoms with Crippen molar-refractivity contribution in [3.05, 3.63) is 69.8 Å². The van der Waals surface area contributed by atoms with Crippen molar-refractivity contribution in [3.8, 4) is 0 Å². The Morgan fingerprint density at radius 2 is 0.569 bits per heavy atom. The lowest BCUT2D eigenvalue weighted by Gasteiger charge is -2.13. The number of hydrogen-bond acceptors (Lipinski definition) is 9. The van der Waals surface area contributed by atoms with Crippen molar-refractivity contribution in [2.24, 2.45) is 0 Å². The summed E-state index contributed by atoms with van der Waals surface area (Å²) in [6.07, 6.45) is 24.6. The van der Waals surface area contributed by atoms with Crippen LogP contribution in [0.15, 0.2) is 36.4 Å². The Hall–Kier alpha value is -4.01. The molecule has 2 rings (SSSR count). The monoisotopic (exact) mass is 807 g/mol. The van der Waals surface area contributed by atoms with Gasteiger partial charge in [-0.2, -0.15) is 0 Å². The van der Waals surface area contributed by atoms with Crippen LogP contribution in [0.25, 0.3) is 0 Å². The number of unbranched alkanes of at least 4 members (excludes halogenated alkanes) is 20. The fourth-order valence-electron chi connectivity index (χ4n) is 6.73. The van der Waals surface area contributed by atoms with Crippen molar-refractivity contribution in [1.82, 2.24) is 0 Å². The number of carbonyl (C=O) groups is 5. The van der Waals surface area contributed by atoms with Gasteiger partial charge in [-0.25, -0.2) is 19.2 Å². The molecule has 0 aliphatic heterocycles. The molecule has 0 unspecified atom stereocenters. The molecule has 0 N–H and O–H groups in total. The summed E-state index contributed by atoms with van der Waals surface area (Å²) in [4.78, 5) is 67.5. The zero-order valence-corrected chi connectivity index (χ0v) is 36.4. The second-order valence-electron chi connectivity index (χ2n) is 15.5. The van der Waals surface area contributed by atoms with E-state index in [9.17, 15) is 24.0 Å². The first kappa shape index (κ1) is 50.1. The minimum Gasteiger partial charge on any atom is -0.462 e. The Morgan fingerprint density at radius 1 is 0.328 bits per heavy atom. The maximum atomic E-state index is 14.0. The number of rotatable bonds is 34. The molecule has 0 aromatic heterocycles. The van der Waals surface area contributed by atoms with E-state index in [-0.39, 0.29) is 59.8 Å². The molecule has 0 heterocycles. The Balaban J connectivity index is 2.32. The molecule has 2 aromatic rings. The van der Waals surface area contributed by atoms with Crippen molar-refractivity contribution >= 4 is 29.7 Å². The molecule has 9 heteroatoms. The van der Waals surface area contributed by atoms with Gasteiger partial charge >= 0.3 is 23.9 Å². The molecular weight excluding hydrogens is 733 g/mol. The lowest BCUT2D eigenvalue weighted by molar-refractivity contribution is 0.0450. The highest BCUT2D eigenvalue weighted by Crippen LogP contribution is 2.22. The summed E-state index contributed by atoms with van der Waals surface area (Å²) in [5.41, 5.74) is 0.167. The highest BCUT2D eigenvalue weighted by atomic mass is 16.5. The maximum absolute atomic E-state index is 14.0. The number of benzene rings is 2. The van der Waals surface area contributed by atoms with Crippen LogP contribution in [-0.4, -0.2) is 56.1 Å². The third-order valence-corrected chi connectivity index (χ3v) is 10.4. The molecule has 0 spiro atoms. The highest BCUT2D eigenvalue weighted by Gasteiger charge is 2.25. The summed E-state index contributed by atoms with van der Waals surface area (Å²) in [7, 11) is 0. The van der Waals surface area contributed by atoms with Crippen LogP contribution < -0.4 is 0 Å². The molecule has 0 aliphatic carbocycles. The fraction of sp³-hybridized carbons (Fsp3) is 0.653. The molecule has 2 aromatic carbocycles. The zero-order valence-electron chi connectivity index (χ0n) is 36.4. The van der Waals surface area contributed by atoms with Gasteiger partial charge < -0.3 is 18.9 Å². The number of ether oxygens (including phenoxy) is 4. The molecule has 0 bridgehead atoms. The first-order chi connectivity index (χ1) is 28.3. The molecule has 0 aliphatic rings. The van der Waals surface area contributed by atoms with Crippen LogP contribution >= 0.6 is 0 Å². The average molecular weight is 807 g/mol. The van der Waals surface area contributed by atoms with E-state index in [0.29, 0.717) is 12.8 Å². The molecule has 0 fully saturated rings. The first-order valence-corrected chi connectivity index (χ1v) is 22.8. The molecule has 0 amide bonds. The average Bonchev–Trinajstić information content (AvgIpc) is 3.24. The summed E-state index contributed by atoms with van der Waals surface area (Å²) in [6.45, 7) is 9.47. The van der Waals surface area contributed by atoms with Crippen molar-refractivity contribution in [2.75, 3.05) is 26.4 Å². The van der Waals surface area contributed by atoms with Crippen LogP contribution in [0.2, 0.25) is 0 Å². The van der Waals surface area contributed by atoms with Gasteiger partial charge in [0.2, 0.25) is 0 Å². The lowest BCUT2D eigenvalue weighted by Crippen LogP contribution is -2.18. The van der Waals surface area contributed by atoms with Gasteiger partial charge in [0.1, 0.15) is 0 Å². The van der Waals surface area contributed by atoms with E-state index < -0.39 is 29.7 Å². The second kappa shape index (κ2) is 31.9. The van der Waals surface area contributed by atoms with Gasteiger partial charge in [0.15, 0.2) is 5.78 Å². The summed E-state index contributed by atoms with van der Waals surface area (Å²) < 4.78 is 22.3. The number of hydrogen-bond donors (Lipinski definition) is 0. The number of esters is 4. The highest BCUT2D eigenvalue weighted by molar-refractivity contribution is 6.13. The smallest absolute Gasteiger partial charge is 0.339 e. The van der Waals surface area contributed by atoms with E-state index in [0.717, 1.165) is 116 Å². The molecule has 58 heavy (non-hydrogen) atoms. The predicted molar refractivity (Wildman–Crippen MR) is 231 cm³/mol. The Kier molecular flexibility index (Phi) is 27.6. The van der Waals surface area contributed by atoms with E-state index in [1.54, 1.807) is 0 Å². The minimum atomic E-state index is -0.711. The second-order valence-corrected chi connectivity index (χ2v) is 15.5. The molecular formula is C49H74O9. The summed E-state index contributed by atoms with van der Waals surface area (Å²) in [5.74, 6) is -3.24. The van der Waals surface area contributed by atoms with Crippen molar-refractivity contribution < 1.29 is 42.9 Å². The van der Waals surface area contributed by atoms with E-state index in [2.05, 4.69) is 27.7 Å². The standard InChI is InChI=1S/C49H74O9/c1-5-9-13-17-21-25-33-55-46(51)41-31-29-39(37-43(41)48(53)57-35-27-23-19-15-11-7-3)45(50)40-30-32-42(47(52)56-34-26-22-18-14-10-6-2)44(38-40)49(54)58-36-28-24-20-16-12-8-4/h29-32,37-38H,5-28,33-36H2,1-4H3. The summed E-state index contributed by atoms with van der Waals surface area (Å²) >= 11 is 0. The van der Waals surface area contributed by atoms with Crippen LogP contribution in [0.3, 0.4) is 0 Å². The van der Waals surface area contributed by atoms with Crippen molar-refractivity contribution in [3.63, 3.8) is 0 Å². The van der Waals surface area contributed by atoms with Gasteiger partial charge in [-0.1, -0.05) is 168 Å². The molecule has 9 nitrogen and oxygen atoms in total. The van der Waals surface area contributed by atoms with E-state index in [1.165, 1.54) is 62.1 Å². The number of ketones is 1. The zero-order chi connectivity index (χ0) is 42.2. The normalized spacial score (nSPS) is 11.0. The summed E-state index contributed by atoms with van der Waals surface area (Å²) in [6, 6.07) is 8.48. The minimum absolute atomic E-state index is 0.0258. The quantitative estimate of drug-likeness (QED) is 0.0294. The molecule has 0 saturated carbocycles. The molecule has 0 saturated heterocycles. The van der Waals surface area contributed by atoms with Gasteiger partial charge in [0, 0.05) is 11.1 Å². The molecule has 0 radical (unpaired) electrons. The van der Waals surface area contributed by atoms with Crippen molar-refractivity contribution in [2.45, 2.75) is 182 Å². The van der Waals surface area contributed by atoms with E-state index in [4.69, 9.17) is 18.9 Å². The van der Waals surface area contributed by atoms with Crippen LogP contribution in [0, 0.1) is 0 Å². The maximum Gasteiger partial charge on any atom is 0.339 e. The number of carbonyl (C=O) groups excluding carboxylic acids is 5.